The molecule has 5 heteroatoms. The number of furan rings is 1. The number of fused-ring (bicyclic) bond motifs is 1. The number of ether oxygens (including phenoxy) is 2. The van der Waals surface area contributed by atoms with Crippen LogP contribution in [-0.2, 0) is 6.61 Å². The van der Waals surface area contributed by atoms with Crippen LogP contribution in [0.15, 0.2) is 108 Å². The first-order valence-electron chi connectivity index (χ1n) is 13.2. The molecule has 1 aromatic heterocycles. The molecule has 0 bridgehead atoms. The Hall–Kier alpha value is -4.90. The number of carbonyl (C=O) groups is 2. The van der Waals surface area contributed by atoms with Gasteiger partial charge in [-0.05, 0) is 78.1 Å². The Morgan fingerprint density at radius 2 is 1.55 bits per heavy atom. The van der Waals surface area contributed by atoms with Gasteiger partial charge in [-0.3, -0.25) is 4.79 Å². The van der Waals surface area contributed by atoms with E-state index in [0.717, 1.165) is 11.1 Å². The molecule has 5 nitrogen and oxygen atoms in total. The van der Waals surface area contributed by atoms with Gasteiger partial charge >= 0.3 is 5.97 Å². The molecule has 0 N–H and O–H groups in total. The van der Waals surface area contributed by atoms with Gasteiger partial charge in [0.15, 0.2) is 5.78 Å². The number of allylic oxidation sites excluding steroid dienone is 1. The standard InChI is InChI=1S/C35H30O5/c1-23(2)27-12-9-25(10-13-27)11-19-32(36)28-14-16-29(17-15-28)40-35(37)34-24(3)39-33-20-18-30(21-31(33)34)38-22-26-7-5-4-6-8-26/h4-21,23H,22H2,1-3H3/b19-11+. The van der Waals surface area contributed by atoms with E-state index in [4.69, 9.17) is 13.9 Å². The van der Waals surface area contributed by atoms with Gasteiger partial charge < -0.3 is 13.9 Å². The van der Waals surface area contributed by atoms with E-state index in [-0.39, 0.29) is 5.78 Å². The van der Waals surface area contributed by atoms with Gasteiger partial charge in [-0.1, -0.05) is 74.5 Å². The van der Waals surface area contributed by atoms with Crippen LogP contribution in [0.3, 0.4) is 0 Å². The zero-order valence-electron chi connectivity index (χ0n) is 22.7. The van der Waals surface area contributed by atoms with E-state index in [9.17, 15) is 9.59 Å². The molecule has 0 atom stereocenters. The second-order valence-corrected chi connectivity index (χ2v) is 9.90. The second-order valence-electron chi connectivity index (χ2n) is 9.90. The fraction of sp³-hybridized carbons (Fsp3) is 0.143. The number of hydrogen-bond acceptors (Lipinski definition) is 5. The molecule has 0 spiro atoms. The molecule has 1 heterocycles. The molecule has 0 aliphatic heterocycles. The summed E-state index contributed by atoms with van der Waals surface area (Å²) in [7, 11) is 0. The van der Waals surface area contributed by atoms with Crippen molar-refractivity contribution < 1.29 is 23.5 Å². The number of rotatable bonds is 9. The van der Waals surface area contributed by atoms with E-state index in [1.165, 1.54) is 5.56 Å². The smallest absolute Gasteiger partial charge is 0.347 e. The number of benzene rings is 4. The molecule has 0 unspecified atom stereocenters. The molecule has 0 amide bonds. The van der Waals surface area contributed by atoms with E-state index in [2.05, 4.69) is 26.0 Å². The monoisotopic (exact) mass is 530 g/mol. The van der Waals surface area contributed by atoms with Gasteiger partial charge in [0.05, 0.1) is 0 Å². The lowest BCUT2D eigenvalue weighted by Gasteiger charge is -2.07. The summed E-state index contributed by atoms with van der Waals surface area (Å²) in [4.78, 5) is 25.8. The van der Waals surface area contributed by atoms with Crippen LogP contribution in [0.2, 0.25) is 0 Å². The lowest BCUT2D eigenvalue weighted by molar-refractivity contribution is 0.0734. The first kappa shape index (κ1) is 26.7. The van der Waals surface area contributed by atoms with Crippen molar-refractivity contribution in [1.29, 1.82) is 0 Å². The number of ketones is 1. The fourth-order valence-corrected chi connectivity index (χ4v) is 4.39. The Balaban J connectivity index is 1.26. The lowest BCUT2D eigenvalue weighted by atomic mass is 10.0. The molecule has 4 aromatic carbocycles. The van der Waals surface area contributed by atoms with Crippen LogP contribution in [0.4, 0.5) is 0 Å². The Kier molecular flexibility index (Phi) is 7.92. The van der Waals surface area contributed by atoms with E-state index >= 15 is 0 Å². The van der Waals surface area contributed by atoms with Gasteiger partial charge in [-0.2, -0.15) is 0 Å². The Morgan fingerprint density at radius 1 is 0.850 bits per heavy atom. The minimum Gasteiger partial charge on any atom is -0.489 e. The largest absolute Gasteiger partial charge is 0.489 e. The Bertz CT molecular complexity index is 1660. The highest BCUT2D eigenvalue weighted by Gasteiger charge is 2.21. The van der Waals surface area contributed by atoms with Crippen LogP contribution in [-0.4, -0.2) is 11.8 Å². The highest BCUT2D eigenvalue weighted by atomic mass is 16.5. The van der Waals surface area contributed by atoms with Crippen molar-refractivity contribution in [1.82, 2.24) is 0 Å². The quantitative estimate of drug-likeness (QED) is 0.0827. The summed E-state index contributed by atoms with van der Waals surface area (Å²) in [5, 5.41) is 0.617. The molecule has 5 aromatic rings. The topological polar surface area (TPSA) is 65.7 Å². The van der Waals surface area contributed by atoms with Crippen molar-refractivity contribution in [2.24, 2.45) is 0 Å². The summed E-state index contributed by atoms with van der Waals surface area (Å²) in [6.45, 7) is 6.43. The van der Waals surface area contributed by atoms with Gasteiger partial charge in [0.1, 0.15) is 35.0 Å². The maximum Gasteiger partial charge on any atom is 0.347 e. The van der Waals surface area contributed by atoms with E-state index in [1.54, 1.807) is 55.5 Å². The van der Waals surface area contributed by atoms with E-state index in [0.29, 0.717) is 51.9 Å². The fourth-order valence-electron chi connectivity index (χ4n) is 4.39. The van der Waals surface area contributed by atoms with Crippen LogP contribution >= 0.6 is 0 Å². The van der Waals surface area contributed by atoms with Crippen LogP contribution in [0, 0.1) is 6.92 Å². The highest BCUT2D eigenvalue weighted by molar-refractivity contribution is 6.07. The second kappa shape index (κ2) is 11.9. The first-order chi connectivity index (χ1) is 19.4. The van der Waals surface area contributed by atoms with Crippen LogP contribution in [0.5, 0.6) is 11.5 Å². The molecule has 0 radical (unpaired) electrons. The van der Waals surface area contributed by atoms with Gasteiger partial charge in [0.2, 0.25) is 0 Å². The van der Waals surface area contributed by atoms with Crippen molar-refractivity contribution in [3.63, 3.8) is 0 Å². The highest BCUT2D eigenvalue weighted by Crippen LogP contribution is 2.30. The summed E-state index contributed by atoms with van der Waals surface area (Å²) in [5.74, 6) is 1.20. The van der Waals surface area contributed by atoms with Crippen molar-refractivity contribution in [3.05, 3.63) is 137 Å². The van der Waals surface area contributed by atoms with Crippen molar-refractivity contribution in [2.45, 2.75) is 33.3 Å². The molecular weight excluding hydrogens is 500 g/mol. The summed E-state index contributed by atoms with van der Waals surface area (Å²) in [6.07, 6.45) is 3.34. The maximum absolute atomic E-state index is 13.1. The van der Waals surface area contributed by atoms with E-state index in [1.807, 2.05) is 48.5 Å². The average molecular weight is 531 g/mol. The molecule has 0 fully saturated rings. The van der Waals surface area contributed by atoms with Crippen molar-refractivity contribution >= 4 is 28.8 Å². The minimum atomic E-state index is -0.541. The van der Waals surface area contributed by atoms with Crippen LogP contribution < -0.4 is 9.47 Å². The lowest BCUT2D eigenvalue weighted by Crippen LogP contribution is -2.09. The zero-order valence-corrected chi connectivity index (χ0v) is 22.7. The number of aryl methyl sites for hydroxylation is 1. The summed E-state index contributed by atoms with van der Waals surface area (Å²) >= 11 is 0. The third kappa shape index (κ3) is 6.21. The summed E-state index contributed by atoms with van der Waals surface area (Å²) in [6, 6.07) is 29.9. The molecule has 0 aliphatic rings. The molecule has 0 saturated carbocycles. The SMILES string of the molecule is Cc1oc2ccc(OCc3ccccc3)cc2c1C(=O)Oc1ccc(C(=O)/C=C/c2ccc(C(C)C)cc2)cc1. The summed E-state index contributed by atoms with van der Waals surface area (Å²) < 4.78 is 17.4. The summed E-state index contributed by atoms with van der Waals surface area (Å²) in [5.41, 5.74) is 4.67. The number of carbonyl (C=O) groups excluding carboxylic acids is 2. The van der Waals surface area contributed by atoms with Gasteiger partial charge in [-0.25, -0.2) is 4.79 Å². The normalized spacial score (nSPS) is 11.3. The number of hydrogen-bond donors (Lipinski definition) is 0. The maximum atomic E-state index is 13.1. The molecule has 0 aliphatic carbocycles. The minimum absolute atomic E-state index is 0.134. The molecule has 0 saturated heterocycles. The Morgan fingerprint density at radius 3 is 2.25 bits per heavy atom. The predicted molar refractivity (Wildman–Crippen MR) is 157 cm³/mol. The molecule has 200 valence electrons. The van der Waals surface area contributed by atoms with Crippen LogP contribution in [0.25, 0.3) is 17.0 Å². The average Bonchev–Trinajstić information content (AvgIpc) is 3.31. The van der Waals surface area contributed by atoms with Crippen molar-refractivity contribution in [3.8, 4) is 11.5 Å². The predicted octanol–water partition coefficient (Wildman–Crippen LogP) is 8.56. The van der Waals surface area contributed by atoms with Gasteiger partial charge in [-0.15, -0.1) is 0 Å². The van der Waals surface area contributed by atoms with E-state index < -0.39 is 5.97 Å². The van der Waals surface area contributed by atoms with Crippen molar-refractivity contribution in [2.75, 3.05) is 0 Å². The zero-order chi connectivity index (χ0) is 28.1. The molecule has 5 rings (SSSR count). The first-order valence-corrected chi connectivity index (χ1v) is 13.2. The Labute approximate surface area is 233 Å². The molecule has 40 heavy (non-hydrogen) atoms. The third-order valence-corrected chi connectivity index (χ3v) is 6.67. The third-order valence-electron chi connectivity index (χ3n) is 6.67. The molecular formula is C35H30O5. The van der Waals surface area contributed by atoms with Gasteiger partial charge in [0, 0.05) is 10.9 Å². The number of esters is 1. The van der Waals surface area contributed by atoms with Gasteiger partial charge in [0.25, 0.3) is 0 Å². The van der Waals surface area contributed by atoms with Crippen LogP contribution in [0.1, 0.15) is 62.9 Å².